The van der Waals surface area contributed by atoms with Gasteiger partial charge >= 0.3 is 0 Å². The maximum absolute atomic E-state index is 11.9. The van der Waals surface area contributed by atoms with Gasteiger partial charge in [-0.05, 0) is 31.6 Å². The Hall–Kier alpha value is -1.56. The average molecular weight is 252 g/mol. The number of nitrogens with two attached hydrogens (primary N) is 1. The van der Waals surface area contributed by atoms with Crippen molar-refractivity contribution in [2.75, 3.05) is 26.0 Å². The Labute approximate surface area is 106 Å². The first kappa shape index (κ1) is 12.9. The number of aryl methyl sites for hydroxylation is 1. The lowest BCUT2D eigenvalue weighted by atomic mass is 10.0. The van der Waals surface area contributed by atoms with Gasteiger partial charge in [0.05, 0.1) is 11.4 Å². The standard InChI is InChI=1S/C12H20N4O2/c1-8-9(13)10(16-15-8)11(17)14-7-12(3-4-12)5-6-18-2/h3-7,13H2,1-2H3,(H,14,17)(H,15,16). The molecule has 2 rings (SSSR count). The van der Waals surface area contributed by atoms with Gasteiger partial charge in [-0.25, -0.2) is 0 Å². The summed E-state index contributed by atoms with van der Waals surface area (Å²) in [7, 11) is 1.70. The topological polar surface area (TPSA) is 93.0 Å². The minimum Gasteiger partial charge on any atom is -0.395 e. The summed E-state index contributed by atoms with van der Waals surface area (Å²) in [6.45, 7) is 3.19. The van der Waals surface area contributed by atoms with E-state index in [1.54, 1.807) is 14.0 Å². The molecule has 0 radical (unpaired) electrons. The predicted octanol–water partition coefficient (Wildman–Crippen LogP) is 0.847. The van der Waals surface area contributed by atoms with Crippen LogP contribution in [0.5, 0.6) is 0 Å². The number of carbonyl (C=O) groups excluding carboxylic acids is 1. The summed E-state index contributed by atoms with van der Waals surface area (Å²) < 4.78 is 5.08. The van der Waals surface area contributed by atoms with E-state index in [2.05, 4.69) is 15.5 Å². The fraction of sp³-hybridized carbons (Fsp3) is 0.667. The summed E-state index contributed by atoms with van der Waals surface area (Å²) in [5.74, 6) is -0.208. The second-order valence-electron chi connectivity index (χ2n) is 5.04. The molecule has 1 aliphatic rings. The first-order valence-corrected chi connectivity index (χ1v) is 6.15. The van der Waals surface area contributed by atoms with E-state index in [4.69, 9.17) is 10.5 Å². The Bertz CT molecular complexity index is 437. The van der Waals surface area contributed by atoms with E-state index >= 15 is 0 Å². The molecular formula is C12H20N4O2. The SMILES string of the molecule is COCCC1(CNC(=O)c2n[nH]c(C)c2N)CC1. The Morgan fingerprint density at radius 3 is 2.83 bits per heavy atom. The number of methoxy groups -OCH3 is 1. The summed E-state index contributed by atoms with van der Waals surface area (Å²) in [5.41, 5.74) is 7.43. The molecule has 0 unspecified atom stereocenters. The molecule has 100 valence electrons. The fourth-order valence-corrected chi connectivity index (χ4v) is 1.97. The Balaban J connectivity index is 1.87. The monoisotopic (exact) mass is 252 g/mol. The van der Waals surface area contributed by atoms with Crippen molar-refractivity contribution in [1.29, 1.82) is 0 Å². The van der Waals surface area contributed by atoms with Crippen molar-refractivity contribution in [2.24, 2.45) is 5.41 Å². The number of amides is 1. The van der Waals surface area contributed by atoms with Gasteiger partial charge in [0.2, 0.25) is 0 Å². The molecule has 6 nitrogen and oxygen atoms in total. The highest BCUT2D eigenvalue weighted by Gasteiger charge is 2.42. The van der Waals surface area contributed by atoms with Crippen LogP contribution in [0.25, 0.3) is 0 Å². The first-order chi connectivity index (χ1) is 8.58. The number of aromatic nitrogens is 2. The molecule has 0 aliphatic heterocycles. The molecule has 6 heteroatoms. The zero-order valence-electron chi connectivity index (χ0n) is 10.9. The summed E-state index contributed by atoms with van der Waals surface area (Å²) in [4.78, 5) is 11.9. The van der Waals surface area contributed by atoms with Gasteiger partial charge in [-0.15, -0.1) is 0 Å². The Morgan fingerprint density at radius 1 is 1.61 bits per heavy atom. The van der Waals surface area contributed by atoms with Crippen LogP contribution in [-0.2, 0) is 4.74 Å². The number of anilines is 1. The maximum Gasteiger partial charge on any atom is 0.273 e. The number of nitrogens with zero attached hydrogens (tertiary/aromatic N) is 1. The quantitative estimate of drug-likeness (QED) is 0.699. The third-order valence-corrected chi connectivity index (χ3v) is 3.63. The third kappa shape index (κ3) is 2.64. The van der Waals surface area contributed by atoms with Gasteiger partial charge in [-0.3, -0.25) is 9.89 Å². The Morgan fingerprint density at radius 2 is 2.33 bits per heavy atom. The third-order valence-electron chi connectivity index (χ3n) is 3.63. The first-order valence-electron chi connectivity index (χ1n) is 6.15. The molecular weight excluding hydrogens is 232 g/mol. The summed E-state index contributed by atoms with van der Waals surface area (Å²) >= 11 is 0. The van der Waals surface area contributed by atoms with Crippen molar-refractivity contribution < 1.29 is 9.53 Å². The van der Waals surface area contributed by atoms with Crippen LogP contribution in [0.1, 0.15) is 35.4 Å². The van der Waals surface area contributed by atoms with Crippen LogP contribution in [0.15, 0.2) is 0 Å². The van der Waals surface area contributed by atoms with Crippen molar-refractivity contribution in [3.63, 3.8) is 0 Å². The maximum atomic E-state index is 11.9. The van der Waals surface area contributed by atoms with Gasteiger partial charge in [0.1, 0.15) is 0 Å². The highest BCUT2D eigenvalue weighted by Crippen LogP contribution is 2.48. The normalized spacial score (nSPS) is 16.6. The van der Waals surface area contributed by atoms with E-state index in [0.717, 1.165) is 31.6 Å². The van der Waals surface area contributed by atoms with E-state index in [9.17, 15) is 4.79 Å². The van der Waals surface area contributed by atoms with Crippen LogP contribution in [0.2, 0.25) is 0 Å². The lowest BCUT2D eigenvalue weighted by molar-refractivity contribution is 0.0934. The van der Waals surface area contributed by atoms with Gasteiger partial charge in [0.25, 0.3) is 5.91 Å². The van der Waals surface area contributed by atoms with Crippen LogP contribution < -0.4 is 11.1 Å². The van der Waals surface area contributed by atoms with Crippen LogP contribution >= 0.6 is 0 Å². The second-order valence-corrected chi connectivity index (χ2v) is 5.04. The molecule has 1 aromatic rings. The van der Waals surface area contributed by atoms with E-state index in [0.29, 0.717) is 12.2 Å². The fourth-order valence-electron chi connectivity index (χ4n) is 1.97. The number of hydrogen-bond donors (Lipinski definition) is 3. The van der Waals surface area contributed by atoms with Gasteiger partial charge < -0.3 is 15.8 Å². The molecule has 0 atom stereocenters. The highest BCUT2D eigenvalue weighted by molar-refractivity contribution is 5.97. The minimum atomic E-state index is -0.208. The Kier molecular flexibility index (Phi) is 3.56. The molecule has 0 bridgehead atoms. The molecule has 4 N–H and O–H groups in total. The van der Waals surface area contributed by atoms with Crippen LogP contribution in [-0.4, -0.2) is 36.4 Å². The van der Waals surface area contributed by atoms with Crippen molar-refractivity contribution in [2.45, 2.75) is 26.2 Å². The number of ether oxygens (including phenoxy) is 1. The minimum absolute atomic E-state index is 0.208. The molecule has 0 aromatic carbocycles. The summed E-state index contributed by atoms with van der Waals surface area (Å²) in [5, 5.41) is 9.53. The van der Waals surface area contributed by atoms with Gasteiger partial charge in [-0.2, -0.15) is 5.10 Å². The number of nitrogens with one attached hydrogen (secondary N) is 2. The smallest absolute Gasteiger partial charge is 0.273 e. The largest absolute Gasteiger partial charge is 0.395 e. The molecule has 1 heterocycles. The summed E-state index contributed by atoms with van der Waals surface area (Å²) in [6, 6.07) is 0. The molecule has 18 heavy (non-hydrogen) atoms. The van der Waals surface area contributed by atoms with Gasteiger partial charge in [0, 0.05) is 20.3 Å². The van der Waals surface area contributed by atoms with E-state index < -0.39 is 0 Å². The molecule has 1 amide bonds. The van der Waals surface area contributed by atoms with E-state index in [1.807, 2.05) is 0 Å². The molecule has 1 fully saturated rings. The van der Waals surface area contributed by atoms with Crippen LogP contribution in [0.4, 0.5) is 5.69 Å². The number of aromatic amines is 1. The molecule has 0 saturated heterocycles. The average Bonchev–Trinajstić information content (AvgIpc) is 3.06. The van der Waals surface area contributed by atoms with Crippen LogP contribution in [0.3, 0.4) is 0 Å². The van der Waals surface area contributed by atoms with E-state index in [-0.39, 0.29) is 17.0 Å². The summed E-state index contributed by atoms with van der Waals surface area (Å²) in [6.07, 6.45) is 3.27. The lowest BCUT2D eigenvalue weighted by Gasteiger charge is -2.14. The zero-order chi connectivity index (χ0) is 13.2. The number of carbonyl (C=O) groups is 1. The molecule has 1 saturated carbocycles. The van der Waals surface area contributed by atoms with Gasteiger partial charge in [-0.1, -0.05) is 0 Å². The molecule has 0 spiro atoms. The van der Waals surface area contributed by atoms with Crippen molar-refractivity contribution in [1.82, 2.24) is 15.5 Å². The van der Waals surface area contributed by atoms with Gasteiger partial charge in [0.15, 0.2) is 5.69 Å². The number of rotatable bonds is 6. The van der Waals surface area contributed by atoms with Crippen molar-refractivity contribution in [3.8, 4) is 0 Å². The van der Waals surface area contributed by atoms with Crippen molar-refractivity contribution >= 4 is 11.6 Å². The highest BCUT2D eigenvalue weighted by atomic mass is 16.5. The van der Waals surface area contributed by atoms with Crippen LogP contribution in [0, 0.1) is 12.3 Å². The van der Waals surface area contributed by atoms with Crippen molar-refractivity contribution in [3.05, 3.63) is 11.4 Å². The predicted molar refractivity (Wildman–Crippen MR) is 68.2 cm³/mol. The number of nitrogen functional groups attached to an aromatic ring is 1. The zero-order valence-corrected chi connectivity index (χ0v) is 10.9. The molecule has 1 aromatic heterocycles. The second kappa shape index (κ2) is 4.97. The van der Waals surface area contributed by atoms with E-state index in [1.165, 1.54) is 0 Å². The lowest BCUT2D eigenvalue weighted by Crippen LogP contribution is -2.31. The number of hydrogen-bond acceptors (Lipinski definition) is 4. The number of H-pyrrole nitrogens is 1. The molecule has 1 aliphatic carbocycles.